The molecule has 0 saturated heterocycles. The quantitative estimate of drug-likeness (QED) is 0.339. The van der Waals surface area contributed by atoms with Crippen molar-refractivity contribution < 1.29 is 9.63 Å². The summed E-state index contributed by atoms with van der Waals surface area (Å²) in [6, 6.07) is 31.9. The molecule has 36 heavy (non-hydrogen) atoms. The van der Waals surface area contributed by atoms with E-state index in [9.17, 15) is 9.59 Å². The second-order valence-electron chi connectivity index (χ2n) is 8.64. The molecular formula is C30H27N3O3. The first-order chi connectivity index (χ1) is 17.6. The van der Waals surface area contributed by atoms with Crippen LogP contribution in [0.2, 0.25) is 0 Å². The summed E-state index contributed by atoms with van der Waals surface area (Å²) in [4.78, 5) is 29.3. The van der Waals surface area contributed by atoms with Gasteiger partial charge in [-0.3, -0.25) is 4.79 Å². The standard InChI is InChI=1S/C30H27N3O3/c1-22(34)36-33-19-17-26-27(13-8-14-28(26)33)31-18-20-32-21-25(15-16-29(32)35)30(23-9-4-2-5-10-23)24-11-6-3-7-12-24/h2-17,19,21,30-31H,18,20H2,1H3. The Balaban J connectivity index is 1.38. The van der Waals surface area contributed by atoms with Crippen LogP contribution in [-0.4, -0.2) is 21.8 Å². The molecule has 0 fully saturated rings. The summed E-state index contributed by atoms with van der Waals surface area (Å²) in [5.74, 6) is -0.351. The Hall–Kier alpha value is -4.58. The predicted molar refractivity (Wildman–Crippen MR) is 142 cm³/mol. The first-order valence-electron chi connectivity index (χ1n) is 11.9. The fourth-order valence-electron chi connectivity index (χ4n) is 4.59. The van der Waals surface area contributed by atoms with Crippen LogP contribution in [0.15, 0.2) is 114 Å². The number of nitrogens with one attached hydrogen (secondary N) is 1. The van der Waals surface area contributed by atoms with Gasteiger partial charge in [-0.1, -0.05) is 72.8 Å². The molecule has 2 heterocycles. The Bertz CT molecular complexity index is 1500. The van der Waals surface area contributed by atoms with Crippen LogP contribution in [0, 0.1) is 0 Å². The largest absolute Gasteiger partial charge is 0.383 e. The molecule has 1 N–H and O–H groups in total. The molecule has 0 bridgehead atoms. The molecule has 6 nitrogen and oxygen atoms in total. The predicted octanol–water partition coefficient (Wildman–Crippen LogP) is 5.07. The number of carbonyl (C=O) groups is 1. The van der Waals surface area contributed by atoms with E-state index in [2.05, 4.69) is 29.6 Å². The molecule has 3 aromatic carbocycles. The first kappa shape index (κ1) is 23.2. The molecule has 0 aliphatic heterocycles. The lowest BCUT2D eigenvalue weighted by Gasteiger charge is -2.20. The molecule has 0 aliphatic carbocycles. The van der Waals surface area contributed by atoms with Gasteiger partial charge in [-0.25, -0.2) is 4.79 Å². The summed E-state index contributed by atoms with van der Waals surface area (Å²) in [6.07, 6.45) is 3.69. The molecule has 0 radical (unpaired) electrons. The van der Waals surface area contributed by atoms with Crippen molar-refractivity contribution in [3.8, 4) is 0 Å². The maximum Gasteiger partial charge on any atom is 0.329 e. The van der Waals surface area contributed by atoms with E-state index in [-0.39, 0.29) is 17.4 Å². The smallest absolute Gasteiger partial charge is 0.329 e. The SMILES string of the molecule is CC(=O)On1ccc2c(NCCn3cc(C(c4ccccc4)c4ccccc4)ccc3=O)cccc21. The van der Waals surface area contributed by atoms with Crippen molar-refractivity contribution in [3.63, 3.8) is 0 Å². The van der Waals surface area contributed by atoms with E-state index in [4.69, 9.17) is 4.84 Å². The molecule has 5 rings (SSSR count). The van der Waals surface area contributed by atoms with Gasteiger partial charge < -0.3 is 14.7 Å². The van der Waals surface area contributed by atoms with Gasteiger partial charge >= 0.3 is 5.97 Å². The molecule has 0 spiro atoms. The number of pyridine rings is 1. The zero-order valence-electron chi connectivity index (χ0n) is 20.0. The number of rotatable bonds is 8. The third-order valence-corrected chi connectivity index (χ3v) is 6.20. The Labute approximate surface area is 209 Å². The summed E-state index contributed by atoms with van der Waals surface area (Å²) in [7, 11) is 0. The van der Waals surface area contributed by atoms with Gasteiger partial charge in [-0.15, -0.1) is 0 Å². The fraction of sp³-hybridized carbons (Fsp3) is 0.133. The summed E-state index contributed by atoms with van der Waals surface area (Å²) >= 11 is 0. The molecule has 0 aliphatic rings. The highest BCUT2D eigenvalue weighted by Crippen LogP contribution is 2.31. The molecule has 0 unspecified atom stereocenters. The number of anilines is 1. The Morgan fingerprint density at radius 3 is 2.19 bits per heavy atom. The number of aromatic nitrogens is 2. The lowest BCUT2D eigenvalue weighted by Crippen LogP contribution is -2.24. The minimum atomic E-state index is -0.380. The van der Waals surface area contributed by atoms with Crippen LogP contribution in [-0.2, 0) is 11.3 Å². The normalized spacial score (nSPS) is 11.1. The average molecular weight is 478 g/mol. The van der Waals surface area contributed by atoms with Crippen LogP contribution >= 0.6 is 0 Å². The molecule has 0 atom stereocenters. The maximum absolute atomic E-state index is 12.7. The Morgan fingerprint density at radius 1 is 0.833 bits per heavy atom. The highest BCUT2D eigenvalue weighted by molar-refractivity contribution is 5.92. The van der Waals surface area contributed by atoms with Crippen LogP contribution < -0.4 is 15.7 Å². The van der Waals surface area contributed by atoms with E-state index in [0.717, 1.165) is 22.2 Å². The highest BCUT2D eigenvalue weighted by Gasteiger charge is 2.17. The van der Waals surface area contributed by atoms with Gasteiger partial charge in [-0.2, -0.15) is 4.73 Å². The van der Waals surface area contributed by atoms with Crippen molar-refractivity contribution in [2.24, 2.45) is 0 Å². The van der Waals surface area contributed by atoms with Crippen LogP contribution in [0.4, 0.5) is 5.69 Å². The van der Waals surface area contributed by atoms with Crippen molar-refractivity contribution in [1.82, 2.24) is 9.30 Å². The van der Waals surface area contributed by atoms with E-state index in [0.29, 0.717) is 13.1 Å². The molecule has 6 heteroatoms. The monoisotopic (exact) mass is 477 g/mol. The number of carbonyl (C=O) groups excluding carboxylic acids is 1. The summed E-state index contributed by atoms with van der Waals surface area (Å²) < 4.78 is 3.22. The minimum Gasteiger partial charge on any atom is -0.383 e. The van der Waals surface area contributed by atoms with Gasteiger partial charge in [0.15, 0.2) is 0 Å². The van der Waals surface area contributed by atoms with Crippen LogP contribution in [0.25, 0.3) is 10.9 Å². The second-order valence-corrected chi connectivity index (χ2v) is 8.64. The van der Waals surface area contributed by atoms with E-state index >= 15 is 0 Å². The van der Waals surface area contributed by atoms with Gasteiger partial charge in [0, 0.05) is 55.5 Å². The van der Waals surface area contributed by atoms with E-state index in [1.54, 1.807) is 16.8 Å². The lowest BCUT2D eigenvalue weighted by molar-refractivity contribution is -0.140. The van der Waals surface area contributed by atoms with E-state index in [1.165, 1.54) is 22.8 Å². The summed E-state index contributed by atoms with van der Waals surface area (Å²) in [6.45, 7) is 2.44. The lowest BCUT2D eigenvalue weighted by atomic mass is 9.86. The number of hydrogen-bond donors (Lipinski definition) is 1. The van der Waals surface area contributed by atoms with Gasteiger partial charge in [0.25, 0.3) is 5.56 Å². The molecule has 180 valence electrons. The van der Waals surface area contributed by atoms with Crippen molar-refractivity contribution >= 4 is 22.6 Å². The van der Waals surface area contributed by atoms with Crippen LogP contribution in [0.1, 0.15) is 29.5 Å². The highest BCUT2D eigenvalue weighted by atomic mass is 16.7. The number of fused-ring (bicyclic) bond motifs is 1. The number of benzene rings is 3. The zero-order valence-corrected chi connectivity index (χ0v) is 20.0. The van der Waals surface area contributed by atoms with Gasteiger partial charge in [0.2, 0.25) is 0 Å². The third kappa shape index (κ3) is 4.93. The van der Waals surface area contributed by atoms with Crippen molar-refractivity contribution in [3.05, 3.63) is 136 Å². The summed E-state index contributed by atoms with van der Waals surface area (Å²) in [5.41, 5.74) is 5.08. The molecule has 0 saturated carbocycles. The number of nitrogens with zero attached hydrogens (tertiary/aromatic N) is 2. The summed E-state index contributed by atoms with van der Waals surface area (Å²) in [5, 5.41) is 4.37. The molecule has 0 amide bonds. The number of hydrogen-bond acceptors (Lipinski definition) is 4. The molecule has 5 aromatic rings. The van der Waals surface area contributed by atoms with Gasteiger partial charge in [0.1, 0.15) is 0 Å². The molecular weight excluding hydrogens is 450 g/mol. The van der Waals surface area contributed by atoms with Crippen LogP contribution in [0.3, 0.4) is 0 Å². The van der Waals surface area contributed by atoms with Crippen molar-refractivity contribution in [2.75, 3.05) is 11.9 Å². The van der Waals surface area contributed by atoms with Crippen molar-refractivity contribution in [2.45, 2.75) is 19.4 Å². The second kappa shape index (κ2) is 10.4. The topological polar surface area (TPSA) is 65.3 Å². The minimum absolute atomic E-state index is 0.0296. The third-order valence-electron chi connectivity index (χ3n) is 6.20. The van der Waals surface area contributed by atoms with Gasteiger partial charge in [0.05, 0.1) is 5.52 Å². The van der Waals surface area contributed by atoms with Crippen LogP contribution in [0.5, 0.6) is 0 Å². The van der Waals surface area contributed by atoms with Gasteiger partial charge in [-0.05, 0) is 34.9 Å². The van der Waals surface area contributed by atoms with E-state index in [1.807, 2.05) is 72.9 Å². The fourth-order valence-corrected chi connectivity index (χ4v) is 4.59. The Morgan fingerprint density at radius 2 is 1.53 bits per heavy atom. The molecule has 2 aromatic heterocycles. The van der Waals surface area contributed by atoms with Crippen molar-refractivity contribution in [1.29, 1.82) is 0 Å². The maximum atomic E-state index is 12.7. The zero-order chi connectivity index (χ0) is 24.9. The Kier molecular flexibility index (Phi) is 6.67. The average Bonchev–Trinajstić information content (AvgIpc) is 3.30. The first-order valence-corrected chi connectivity index (χ1v) is 11.9. The van der Waals surface area contributed by atoms with E-state index < -0.39 is 0 Å².